The van der Waals surface area contributed by atoms with Crippen LogP contribution in [0.25, 0.3) is 0 Å². The lowest BCUT2D eigenvalue weighted by atomic mass is 10.2. The predicted molar refractivity (Wildman–Crippen MR) is 64.9 cm³/mol. The SMILES string of the molecule is C=C/C=C(\N=C)Nc1cccc(C(=O)O)c1. The molecule has 1 rings (SSSR count). The van der Waals surface area contributed by atoms with Crippen molar-refractivity contribution in [1.82, 2.24) is 0 Å². The smallest absolute Gasteiger partial charge is 0.335 e. The Hall–Kier alpha value is -2.36. The molecule has 0 spiro atoms. The topological polar surface area (TPSA) is 61.7 Å². The summed E-state index contributed by atoms with van der Waals surface area (Å²) in [4.78, 5) is 14.5. The van der Waals surface area contributed by atoms with Crippen LogP contribution >= 0.6 is 0 Å². The molecule has 4 nitrogen and oxygen atoms in total. The average molecular weight is 216 g/mol. The van der Waals surface area contributed by atoms with Crippen LogP contribution in [0.5, 0.6) is 0 Å². The number of nitrogens with one attached hydrogen (secondary N) is 1. The number of aliphatic imine (C=N–C) groups is 1. The highest BCUT2D eigenvalue weighted by Gasteiger charge is 2.03. The van der Waals surface area contributed by atoms with Crippen molar-refractivity contribution in [1.29, 1.82) is 0 Å². The number of hydrogen-bond donors (Lipinski definition) is 2. The van der Waals surface area contributed by atoms with Crippen molar-refractivity contribution in [3.8, 4) is 0 Å². The van der Waals surface area contributed by atoms with E-state index in [1.54, 1.807) is 24.3 Å². The molecule has 0 aliphatic heterocycles. The third-order valence-corrected chi connectivity index (χ3v) is 1.83. The van der Waals surface area contributed by atoms with Gasteiger partial charge in [0.15, 0.2) is 0 Å². The number of rotatable bonds is 5. The van der Waals surface area contributed by atoms with Crippen LogP contribution in [0.4, 0.5) is 5.69 Å². The van der Waals surface area contributed by atoms with Crippen LogP contribution in [0.3, 0.4) is 0 Å². The molecule has 0 atom stereocenters. The van der Waals surface area contributed by atoms with Crippen LogP contribution in [0, 0.1) is 0 Å². The zero-order valence-electron chi connectivity index (χ0n) is 8.68. The lowest BCUT2D eigenvalue weighted by Gasteiger charge is -2.06. The first-order chi connectivity index (χ1) is 7.67. The van der Waals surface area contributed by atoms with Crippen LogP contribution in [-0.2, 0) is 0 Å². The minimum absolute atomic E-state index is 0.215. The number of carboxylic acid groups (broad SMARTS) is 1. The van der Waals surface area contributed by atoms with Crippen molar-refractivity contribution in [2.75, 3.05) is 5.32 Å². The fourth-order valence-corrected chi connectivity index (χ4v) is 1.12. The Kier molecular flexibility index (Phi) is 4.03. The first-order valence-corrected chi connectivity index (χ1v) is 4.57. The number of carboxylic acids is 1. The van der Waals surface area contributed by atoms with Gasteiger partial charge in [-0.25, -0.2) is 9.79 Å². The largest absolute Gasteiger partial charge is 0.478 e. The minimum atomic E-state index is -0.968. The van der Waals surface area contributed by atoms with Gasteiger partial charge in [-0.15, -0.1) is 0 Å². The summed E-state index contributed by atoms with van der Waals surface area (Å²) in [6, 6.07) is 6.44. The maximum absolute atomic E-state index is 10.7. The minimum Gasteiger partial charge on any atom is -0.478 e. The molecule has 0 fully saturated rings. The molecule has 0 heterocycles. The van der Waals surface area contributed by atoms with Gasteiger partial charge in [0, 0.05) is 5.69 Å². The van der Waals surface area contributed by atoms with Crippen LogP contribution in [0.1, 0.15) is 10.4 Å². The highest BCUT2D eigenvalue weighted by Crippen LogP contribution is 2.13. The number of hydrogen-bond acceptors (Lipinski definition) is 3. The van der Waals surface area contributed by atoms with E-state index in [1.807, 2.05) is 0 Å². The van der Waals surface area contributed by atoms with Crippen molar-refractivity contribution in [3.05, 3.63) is 54.4 Å². The lowest BCUT2D eigenvalue weighted by molar-refractivity contribution is 0.0697. The standard InChI is InChI=1S/C12H12N2O2/c1-3-5-11(13-2)14-10-7-4-6-9(8-10)12(15)16/h3-8,14H,1-2H2,(H,15,16)/b11-5+. The number of nitrogens with zero attached hydrogens (tertiary/aromatic N) is 1. The third-order valence-electron chi connectivity index (χ3n) is 1.83. The normalized spacial score (nSPS) is 10.6. The van der Waals surface area contributed by atoms with Crippen molar-refractivity contribution < 1.29 is 9.90 Å². The molecule has 0 aliphatic rings. The average Bonchev–Trinajstić information content (AvgIpc) is 2.29. The van der Waals surface area contributed by atoms with Gasteiger partial charge in [-0.3, -0.25) is 0 Å². The monoisotopic (exact) mass is 216 g/mol. The maximum Gasteiger partial charge on any atom is 0.335 e. The second-order valence-electron chi connectivity index (χ2n) is 2.96. The van der Waals surface area contributed by atoms with Gasteiger partial charge in [0.2, 0.25) is 0 Å². The Bertz CT molecular complexity index is 450. The molecule has 0 saturated carbocycles. The first kappa shape index (κ1) is 11.7. The molecule has 0 aliphatic carbocycles. The molecular formula is C12H12N2O2. The fraction of sp³-hybridized carbons (Fsp3) is 0. The van der Waals surface area contributed by atoms with E-state index in [2.05, 4.69) is 23.6 Å². The molecule has 82 valence electrons. The van der Waals surface area contributed by atoms with Gasteiger partial charge in [0.25, 0.3) is 0 Å². The van der Waals surface area contributed by atoms with Crippen molar-refractivity contribution in [2.24, 2.45) is 4.99 Å². The molecule has 0 saturated heterocycles. The van der Waals surface area contributed by atoms with Crippen LogP contribution in [0.2, 0.25) is 0 Å². The number of allylic oxidation sites excluding steroid dienone is 2. The Morgan fingerprint density at radius 2 is 2.25 bits per heavy atom. The summed E-state index contributed by atoms with van der Waals surface area (Å²) in [5, 5.41) is 11.7. The lowest BCUT2D eigenvalue weighted by Crippen LogP contribution is -2.00. The summed E-state index contributed by atoms with van der Waals surface area (Å²) in [5.41, 5.74) is 0.854. The molecule has 16 heavy (non-hydrogen) atoms. The van der Waals surface area contributed by atoms with E-state index in [4.69, 9.17) is 5.11 Å². The Balaban J connectivity index is 2.92. The molecule has 1 aromatic carbocycles. The number of aromatic carboxylic acids is 1. The second kappa shape index (κ2) is 5.50. The van der Waals surface area contributed by atoms with Gasteiger partial charge in [0.1, 0.15) is 5.82 Å². The van der Waals surface area contributed by atoms with Gasteiger partial charge in [-0.2, -0.15) is 0 Å². The van der Waals surface area contributed by atoms with Gasteiger partial charge in [-0.1, -0.05) is 18.7 Å². The van der Waals surface area contributed by atoms with E-state index >= 15 is 0 Å². The number of carbonyl (C=O) groups is 1. The zero-order chi connectivity index (χ0) is 12.0. The summed E-state index contributed by atoms with van der Waals surface area (Å²) >= 11 is 0. The molecule has 0 unspecified atom stereocenters. The fourth-order valence-electron chi connectivity index (χ4n) is 1.12. The van der Waals surface area contributed by atoms with Gasteiger partial charge < -0.3 is 10.4 Å². The predicted octanol–water partition coefficient (Wildman–Crippen LogP) is 2.52. The van der Waals surface area contributed by atoms with Crippen molar-refractivity contribution >= 4 is 18.4 Å². The number of anilines is 1. The highest BCUT2D eigenvalue weighted by molar-refractivity contribution is 5.88. The molecule has 1 aromatic rings. The highest BCUT2D eigenvalue weighted by atomic mass is 16.4. The molecule has 0 bridgehead atoms. The Morgan fingerprint density at radius 3 is 2.81 bits per heavy atom. The van der Waals surface area contributed by atoms with E-state index in [9.17, 15) is 4.79 Å². The van der Waals surface area contributed by atoms with Crippen LogP contribution < -0.4 is 5.32 Å². The van der Waals surface area contributed by atoms with E-state index in [1.165, 1.54) is 12.1 Å². The van der Waals surface area contributed by atoms with E-state index < -0.39 is 5.97 Å². The summed E-state index contributed by atoms with van der Waals surface area (Å²) in [6.07, 6.45) is 3.21. The van der Waals surface area contributed by atoms with Crippen LogP contribution in [0.15, 0.2) is 53.8 Å². The Morgan fingerprint density at radius 1 is 1.50 bits per heavy atom. The second-order valence-corrected chi connectivity index (χ2v) is 2.96. The van der Waals surface area contributed by atoms with Crippen molar-refractivity contribution in [2.45, 2.75) is 0 Å². The molecule has 0 aromatic heterocycles. The quantitative estimate of drug-likeness (QED) is 0.587. The van der Waals surface area contributed by atoms with E-state index in [-0.39, 0.29) is 5.56 Å². The summed E-state index contributed by atoms with van der Waals surface area (Å²) in [7, 11) is 0. The van der Waals surface area contributed by atoms with Gasteiger partial charge >= 0.3 is 5.97 Å². The van der Waals surface area contributed by atoms with Crippen LogP contribution in [-0.4, -0.2) is 17.8 Å². The number of benzene rings is 1. The van der Waals surface area contributed by atoms with E-state index in [0.717, 1.165) is 0 Å². The van der Waals surface area contributed by atoms with Gasteiger partial charge in [0.05, 0.1) is 5.56 Å². The summed E-state index contributed by atoms with van der Waals surface area (Å²) < 4.78 is 0. The third kappa shape index (κ3) is 3.09. The van der Waals surface area contributed by atoms with E-state index in [0.29, 0.717) is 11.5 Å². The molecule has 0 amide bonds. The zero-order valence-corrected chi connectivity index (χ0v) is 8.68. The molecule has 2 N–H and O–H groups in total. The molecule has 0 radical (unpaired) electrons. The Labute approximate surface area is 93.6 Å². The summed E-state index contributed by atoms with van der Waals surface area (Å²) in [5.74, 6) is -0.456. The van der Waals surface area contributed by atoms with Gasteiger partial charge in [-0.05, 0) is 31.0 Å². The summed E-state index contributed by atoms with van der Waals surface area (Å²) in [6.45, 7) is 6.93. The maximum atomic E-state index is 10.7. The first-order valence-electron chi connectivity index (χ1n) is 4.57. The molecule has 4 heteroatoms. The molecular weight excluding hydrogens is 204 g/mol. The van der Waals surface area contributed by atoms with Crippen molar-refractivity contribution in [3.63, 3.8) is 0 Å².